The summed E-state index contributed by atoms with van der Waals surface area (Å²) in [4.78, 5) is 27.9. The Bertz CT molecular complexity index is 1350. The minimum Gasteiger partial charge on any atom is -0.507 e. The molecule has 0 spiro atoms. The average Bonchev–Trinajstić information content (AvgIpc) is 3.51. The fourth-order valence-corrected chi connectivity index (χ4v) is 5.16. The van der Waals surface area contributed by atoms with Gasteiger partial charge in [-0.15, -0.1) is 10.2 Å². The number of aliphatic hydroxyl groups is 1. The average molecular weight is 492 g/mol. The Morgan fingerprint density at radius 3 is 2.80 bits per heavy atom. The van der Waals surface area contributed by atoms with Gasteiger partial charge in [-0.3, -0.25) is 14.5 Å². The minimum atomic E-state index is -0.879. The van der Waals surface area contributed by atoms with Gasteiger partial charge in [0.05, 0.1) is 18.2 Å². The SMILES string of the molecule is CCCOc1cccc(C2/C(=C(\O)c3ccc4c(c3)CC(C)O4)C(=O)C(=O)N2c2nnc(C)s2)c1. The molecule has 1 saturated heterocycles. The van der Waals surface area contributed by atoms with E-state index in [4.69, 9.17) is 9.47 Å². The first-order chi connectivity index (χ1) is 16.9. The zero-order valence-electron chi connectivity index (χ0n) is 19.6. The summed E-state index contributed by atoms with van der Waals surface area (Å²) >= 11 is 1.21. The number of carbonyl (C=O) groups is 2. The van der Waals surface area contributed by atoms with Crippen LogP contribution >= 0.6 is 11.3 Å². The Hall–Kier alpha value is -3.72. The van der Waals surface area contributed by atoms with Crippen molar-refractivity contribution in [1.29, 1.82) is 0 Å². The fraction of sp³-hybridized carbons (Fsp3) is 0.308. The number of aliphatic hydroxyl groups excluding tert-OH is 1. The lowest BCUT2D eigenvalue weighted by molar-refractivity contribution is -0.132. The van der Waals surface area contributed by atoms with Crippen molar-refractivity contribution in [3.63, 3.8) is 0 Å². The highest BCUT2D eigenvalue weighted by atomic mass is 32.1. The summed E-state index contributed by atoms with van der Waals surface area (Å²) in [7, 11) is 0. The number of benzene rings is 2. The summed E-state index contributed by atoms with van der Waals surface area (Å²) in [5.74, 6) is -0.390. The summed E-state index contributed by atoms with van der Waals surface area (Å²) in [6.45, 7) is 6.30. The Labute approximate surface area is 206 Å². The summed E-state index contributed by atoms with van der Waals surface area (Å²) in [6, 6.07) is 11.6. The molecule has 0 radical (unpaired) electrons. The zero-order valence-corrected chi connectivity index (χ0v) is 20.5. The van der Waals surface area contributed by atoms with Crippen molar-refractivity contribution in [2.45, 2.75) is 45.8 Å². The van der Waals surface area contributed by atoms with Gasteiger partial charge in [0.2, 0.25) is 5.13 Å². The molecule has 3 heterocycles. The number of aryl methyl sites for hydroxylation is 1. The lowest BCUT2D eigenvalue weighted by Crippen LogP contribution is -2.29. The standard InChI is InChI=1S/C26H25N3O5S/c1-4-10-33-19-7-5-6-16(13-19)22-21(24(31)25(32)29(22)26-28-27-15(3)35-26)23(30)17-8-9-20-18(12-17)11-14(2)34-20/h5-9,12-14,22,30H,4,10-11H2,1-3H3/b23-21+. The van der Waals surface area contributed by atoms with E-state index in [1.54, 1.807) is 31.2 Å². The number of hydrogen-bond acceptors (Lipinski definition) is 8. The van der Waals surface area contributed by atoms with Gasteiger partial charge in [0.1, 0.15) is 28.4 Å². The first kappa shape index (κ1) is 23.0. The van der Waals surface area contributed by atoms with E-state index in [2.05, 4.69) is 10.2 Å². The van der Waals surface area contributed by atoms with Gasteiger partial charge >= 0.3 is 5.91 Å². The van der Waals surface area contributed by atoms with E-state index in [0.29, 0.717) is 40.0 Å². The van der Waals surface area contributed by atoms with E-state index >= 15 is 0 Å². The van der Waals surface area contributed by atoms with Crippen molar-refractivity contribution in [3.05, 3.63) is 69.7 Å². The molecule has 8 nitrogen and oxygen atoms in total. The van der Waals surface area contributed by atoms with E-state index < -0.39 is 17.7 Å². The number of Topliss-reactive ketones (excluding diaryl/α,β-unsaturated/α-hetero) is 1. The number of hydrogen-bond donors (Lipinski definition) is 1. The molecule has 180 valence electrons. The number of carbonyl (C=O) groups excluding carboxylic acids is 2. The van der Waals surface area contributed by atoms with Crippen LogP contribution < -0.4 is 14.4 Å². The molecule has 2 aromatic carbocycles. The number of amides is 1. The van der Waals surface area contributed by atoms with Crippen LogP contribution in [0.4, 0.5) is 5.13 Å². The topological polar surface area (TPSA) is 102 Å². The van der Waals surface area contributed by atoms with Gasteiger partial charge in [-0.1, -0.05) is 30.4 Å². The number of nitrogens with zero attached hydrogens (tertiary/aromatic N) is 3. The molecule has 2 atom stereocenters. The quantitative estimate of drug-likeness (QED) is 0.306. The maximum absolute atomic E-state index is 13.3. The molecule has 2 aliphatic heterocycles. The number of ether oxygens (including phenoxy) is 2. The van der Waals surface area contributed by atoms with Crippen LogP contribution in [-0.4, -0.2) is 39.7 Å². The highest BCUT2D eigenvalue weighted by Gasteiger charge is 2.48. The van der Waals surface area contributed by atoms with Gasteiger partial charge in [-0.05, 0) is 61.7 Å². The number of rotatable bonds is 6. The van der Waals surface area contributed by atoms with Gasteiger partial charge in [-0.2, -0.15) is 0 Å². The Balaban J connectivity index is 1.66. The minimum absolute atomic E-state index is 0.00223. The van der Waals surface area contributed by atoms with E-state index in [-0.39, 0.29) is 17.4 Å². The van der Waals surface area contributed by atoms with Crippen molar-refractivity contribution in [3.8, 4) is 11.5 Å². The predicted molar refractivity (Wildman–Crippen MR) is 132 cm³/mol. The van der Waals surface area contributed by atoms with Crippen LogP contribution in [0.15, 0.2) is 48.0 Å². The van der Waals surface area contributed by atoms with Gasteiger partial charge < -0.3 is 14.6 Å². The smallest absolute Gasteiger partial charge is 0.301 e. The molecule has 9 heteroatoms. The maximum atomic E-state index is 13.3. The zero-order chi connectivity index (χ0) is 24.7. The molecule has 2 aliphatic rings. The third-order valence-corrected chi connectivity index (χ3v) is 6.82. The molecule has 1 N–H and O–H groups in total. The van der Waals surface area contributed by atoms with Crippen LogP contribution in [0.3, 0.4) is 0 Å². The summed E-state index contributed by atoms with van der Waals surface area (Å²) < 4.78 is 11.6. The number of ketones is 1. The molecule has 1 aromatic heterocycles. The first-order valence-corrected chi connectivity index (χ1v) is 12.3. The second-order valence-electron chi connectivity index (χ2n) is 8.65. The van der Waals surface area contributed by atoms with Crippen molar-refractivity contribution in [2.75, 3.05) is 11.5 Å². The van der Waals surface area contributed by atoms with Gasteiger partial charge in [0.25, 0.3) is 5.78 Å². The lowest BCUT2D eigenvalue weighted by Gasteiger charge is -2.23. The number of aromatic nitrogens is 2. The predicted octanol–water partition coefficient (Wildman–Crippen LogP) is 4.59. The fourth-order valence-electron chi connectivity index (χ4n) is 4.45. The molecule has 0 aliphatic carbocycles. The van der Waals surface area contributed by atoms with Crippen LogP contribution in [-0.2, 0) is 16.0 Å². The number of fused-ring (bicyclic) bond motifs is 1. The van der Waals surface area contributed by atoms with E-state index in [1.807, 2.05) is 32.0 Å². The second kappa shape index (κ2) is 9.14. The molecule has 3 aromatic rings. The molecule has 1 fully saturated rings. The summed E-state index contributed by atoms with van der Waals surface area (Å²) in [5, 5.41) is 20.5. The highest BCUT2D eigenvalue weighted by molar-refractivity contribution is 7.15. The largest absolute Gasteiger partial charge is 0.507 e. The van der Waals surface area contributed by atoms with Crippen molar-refractivity contribution >= 4 is 33.9 Å². The van der Waals surface area contributed by atoms with Crippen LogP contribution in [0.2, 0.25) is 0 Å². The molecular formula is C26H25N3O5S. The van der Waals surface area contributed by atoms with E-state index in [9.17, 15) is 14.7 Å². The van der Waals surface area contributed by atoms with E-state index in [1.165, 1.54) is 16.2 Å². The normalized spacial score (nSPS) is 20.7. The van der Waals surface area contributed by atoms with Crippen LogP contribution in [0.5, 0.6) is 11.5 Å². The molecular weight excluding hydrogens is 466 g/mol. The maximum Gasteiger partial charge on any atom is 0.301 e. The first-order valence-electron chi connectivity index (χ1n) is 11.5. The lowest BCUT2D eigenvalue weighted by atomic mass is 9.94. The van der Waals surface area contributed by atoms with Gasteiger partial charge in [0, 0.05) is 12.0 Å². The Kier molecular flexibility index (Phi) is 6.02. The number of anilines is 1. The molecule has 0 bridgehead atoms. The van der Waals surface area contributed by atoms with Crippen molar-refractivity contribution < 1.29 is 24.2 Å². The molecule has 1 amide bonds. The molecule has 5 rings (SSSR count). The second-order valence-corrected chi connectivity index (χ2v) is 9.81. The van der Waals surface area contributed by atoms with Crippen LogP contribution in [0, 0.1) is 6.92 Å². The Morgan fingerprint density at radius 1 is 1.23 bits per heavy atom. The van der Waals surface area contributed by atoms with Gasteiger partial charge in [0.15, 0.2) is 0 Å². The van der Waals surface area contributed by atoms with Gasteiger partial charge in [-0.25, -0.2) is 0 Å². The van der Waals surface area contributed by atoms with Crippen molar-refractivity contribution in [1.82, 2.24) is 10.2 Å². The third kappa shape index (κ3) is 4.16. The third-order valence-electron chi connectivity index (χ3n) is 5.98. The van der Waals surface area contributed by atoms with Crippen LogP contribution in [0.1, 0.15) is 48.0 Å². The summed E-state index contributed by atoms with van der Waals surface area (Å²) in [5.41, 5.74) is 2.03. The van der Waals surface area contributed by atoms with Crippen LogP contribution in [0.25, 0.3) is 5.76 Å². The Morgan fingerprint density at radius 2 is 2.06 bits per heavy atom. The summed E-state index contributed by atoms with van der Waals surface area (Å²) in [6.07, 6.45) is 1.59. The monoisotopic (exact) mass is 491 g/mol. The molecule has 35 heavy (non-hydrogen) atoms. The van der Waals surface area contributed by atoms with E-state index in [0.717, 1.165) is 17.7 Å². The molecule has 2 unspecified atom stereocenters. The molecule has 0 saturated carbocycles. The highest BCUT2D eigenvalue weighted by Crippen LogP contribution is 2.44. The van der Waals surface area contributed by atoms with Crippen molar-refractivity contribution in [2.24, 2.45) is 0 Å².